The zero-order valence-corrected chi connectivity index (χ0v) is 11.1. The summed E-state index contributed by atoms with van der Waals surface area (Å²) in [6.45, 7) is 1.09. The average molecular weight is 311 g/mol. The molecule has 0 saturated carbocycles. The van der Waals surface area contributed by atoms with Gasteiger partial charge in [-0.1, -0.05) is 0 Å². The van der Waals surface area contributed by atoms with Crippen molar-refractivity contribution in [3.05, 3.63) is 29.8 Å². The van der Waals surface area contributed by atoms with Crippen molar-refractivity contribution in [3.63, 3.8) is 0 Å². The van der Waals surface area contributed by atoms with E-state index < -0.39 is 34.6 Å². The van der Waals surface area contributed by atoms with Crippen LogP contribution in [0.1, 0.15) is 23.7 Å². The first-order valence-corrected chi connectivity index (χ1v) is 6.92. The number of hydrogen-bond donors (Lipinski definition) is 2. The molecule has 1 rings (SSSR count). The van der Waals surface area contributed by atoms with Gasteiger partial charge in [-0.15, -0.1) is 0 Å². The summed E-state index contributed by atoms with van der Waals surface area (Å²) in [6, 6.07) is 2.84. The number of hydrogen-bond acceptors (Lipinski definition) is 3. The number of sulfonamides is 1. The van der Waals surface area contributed by atoms with Crippen LogP contribution in [0.5, 0.6) is 0 Å². The molecule has 0 heterocycles. The summed E-state index contributed by atoms with van der Waals surface area (Å²) in [7, 11) is -4.12. The molecule has 0 fully saturated rings. The number of carboxylic acids is 1. The van der Waals surface area contributed by atoms with Gasteiger partial charge in [-0.05, 0) is 31.2 Å². The fraction of sp³-hybridized carbons (Fsp3) is 0.364. The molecule has 1 aromatic carbocycles. The molecule has 0 amide bonds. The molecule has 0 radical (unpaired) electrons. The Kier molecular flexibility index (Phi) is 4.77. The molecule has 0 saturated heterocycles. The summed E-state index contributed by atoms with van der Waals surface area (Å²) < 4.78 is 61.8. The van der Waals surface area contributed by atoms with E-state index in [2.05, 4.69) is 0 Å². The summed E-state index contributed by atoms with van der Waals surface area (Å²) in [4.78, 5) is 10.3. The van der Waals surface area contributed by atoms with Crippen LogP contribution in [0.25, 0.3) is 0 Å². The van der Waals surface area contributed by atoms with Gasteiger partial charge in [0.1, 0.15) is 0 Å². The van der Waals surface area contributed by atoms with Gasteiger partial charge in [0.05, 0.1) is 16.9 Å². The average Bonchev–Trinajstić information content (AvgIpc) is 2.25. The summed E-state index contributed by atoms with van der Waals surface area (Å²) in [5.74, 6) is -1.23. The van der Waals surface area contributed by atoms with E-state index in [0.29, 0.717) is 0 Å². The lowest BCUT2D eigenvalue weighted by Gasteiger charge is -2.16. The topological polar surface area (TPSA) is 83.5 Å². The highest BCUT2D eigenvalue weighted by atomic mass is 32.2. The van der Waals surface area contributed by atoms with E-state index in [0.717, 1.165) is 31.2 Å². The van der Waals surface area contributed by atoms with Crippen LogP contribution in [0.15, 0.2) is 29.2 Å². The van der Waals surface area contributed by atoms with Gasteiger partial charge in [-0.2, -0.15) is 13.2 Å². The van der Waals surface area contributed by atoms with E-state index in [9.17, 15) is 26.4 Å². The summed E-state index contributed by atoms with van der Waals surface area (Å²) >= 11 is 0. The molecule has 2 N–H and O–H groups in total. The smallest absolute Gasteiger partial charge is 0.390 e. The Bertz CT molecular complexity index is 581. The van der Waals surface area contributed by atoms with Gasteiger partial charge in [-0.3, -0.25) is 0 Å². The second-order valence-electron chi connectivity index (χ2n) is 4.17. The predicted octanol–water partition coefficient (Wildman–Crippen LogP) is 2.00. The number of alkyl halides is 3. The molecular weight excluding hydrogens is 299 g/mol. The second kappa shape index (κ2) is 5.80. The van der Waals surface area contributed by atoms with Crippen molar-refractivity contribution in [2.45, 2.75) is 30.5 Å². The fourth-order valence-corrected chi connectivity index (χ4v) is 2.74. The molecule has 1 atom stereocenters. The Hall–Kier alpha value is -1.61. The molecule has 112 valence electrons. The van der Waals surface area contributed by atoms with Crippen molar-refractivity contribution in [2.24, 2.45) is 0 Å². The van der Waals surface area contributed by atoms with E-state index in [1.54, 1.807) is 0 Å². The minimum Gasteiger partial charge on any atom is -0.478 e. The maximum atomic E-state index is 12.1. The van der Waals surface area contributed by atoms with Gasteiger partial charge >= 0.3 is 12.1 Å². The van der Waals surface area contributed by atoms with E-state index in [1.807, 2.05) is 4.72 Å². The molecule has 1 unspecified atom stereocenters. The normalized spacial score (nSPS) is 14.0. The van der Waals surface area contributed by atoms with Crippen molar-refractivity contribution in [1.29, 1.82) is 0 Å². The van der Waals surface area contributed by atoms with Gasteiger partial charge in [0, 0.05) is 6.04 Å². The SMILES string of the molecule is CC(CC(F)(F)F)NS(=O)(=O)c1ccc(C(=O)O)cc1. The maximum absolute atomic E-state index is 12.1. The number of rotatable bonds is 5. The van der Waals surface area contributed by atoms with Gasteiger partial charge < -0.3 is 5.11 Å². The minimum atomic E-state index is -4.48. The molecule has 0 spiro atoms. The number of halogens is 3. The monoisotopic (exact) mass is 311 g/mol. The highest BCUT2D eigenvalue weighted by molar-refractivity contribution is 7.89. The third-order valence-electron chi connectivity index (χ3n) is 2.31. The van der Waals surface area contributed by atoms with Gasteiger partial charge in [-0.25, -0.2) is 17.9 Å². The summed E-state index contributed by atoms with van der Waals surface area (Å²) in [6.07, 6.45) is -5.77. The predicted molar refractivity (Wildman–Crippen MR) is 63.9 cm³/mol. The molecule has 20 heavy (non-hydrogen) atoms. The van der Waals surface area contributed by atoms with Crippen LogP contribution in [0.4, 0.5) is 13.2 Å². The van der Waals surface area contributed by atoms with E-state index in [-0.39, 0.29) is 10.5 Å². The number of aromatic carboxylic acids is 1. The van der Waals surface area contributed by atoms with Crippen molar-refractivity contribution < 1.29 is 31.5 Å². The highest BCUT2D eigenvalue weighted by Crippen LogP contribution is 2.22. The van der Waals surface area contributed by atoms with Crippen LogP contribution in [-0.4, -0.2) is 31.7 Å². The summed E-state index contributed by atoms with van der Waals surface area (Å²) in [5, 5.41) is 8.66. The van der Waals surface area contributed by atoms with Crippen molar-refractivity contribution >= 4 is 16.0 Å². The number of carboxylic acid groups (broad SMARTS) is 1. The molecule has 0 aliphatic carbocycles. The van der Waals surface area contributed by atoms with E-state index in [4.69, 9.17) is 5.11 Å². The van der Waals surface area contributed by atoms with Crippen molar-refractivity contribution in [1.82, 2.24) is 4.72 Å². The van der Waals surface area contributed by atoms with Crippen LogP contribution < -0.4 is 4.72 Å². The molecule has 0 aliphatic rings. The van der Waals surface area contributed by atoms with Crippen LogP contribution >= 0.6 is 0 Å². The van der Waals surface area contributed by atoms with Crippen LogP contribution in [-0.2, 0) is 10.0 Å². The third-order valence-corrected chi connectivity index (χ3v) is 3.91. The van der Waals surface area contributed by atoms with Gasteiger partial charge in [0.15, 0.2) is 0 Å². The van der Waals surface area contributed by atoms with Crippen LogP contribution in [0.3, 0.4) is 0 Å². The fourth-order valence-electron chi connectivity index (χ4n) is 1.50. The Morgan fingerprint density at radius 2 is 1.80 bits per heavy atom. The Labute approximate surface area is 113 Å². The van der Waals surface area contributed by atoms with E-state index >= 15 is 0 Å². The molecule has 5 nitrogen and oxygen atoms in total. The standard InChI is InChI=1S/C11H12F3NO4S/c1-7(6-11(12,13)14)15-20(18,19)9-4-2-8(3-5-9)10(16)17/h2-5,7,15H,6H2,1H3,(H,16,17). The quantitative estimate of drug-likeness (QED) is 0.871. The number of benzene rings is 1. The number of nitrogens with one attached hydrogen (secondary N) is 1. The molecule has 0 bridgehead atoms. The number of carbonyl (C=O) groups is 1. The second-order valence-corrected chi connectivity index (χ2v) is 5.89. The van der Waals surface area contributed by atoms with E-state index in [1.165, 1.54) is 0 Å². The minimum absolute atomic E-state index is 0.118. The lowest BCUT2D eigenvalue weighted by atomic mass is 10.2. The third kappa shape index (κ3) is 4.82. The Morgan fingerprint density at radius 1 is 1.30 bits per heavy atom. The van der Waals surface area contributed by atoms with Gasteiger partial charge in [0.2, 0.25) is 10.0 Å². The maximum Gasteiger partial charge on any atom is 0.390 e. The molecule has 9 heteroatoms. The zero-order valence-electron chi connectivity index (χ0n) is 10.3. The Morgan fingerprint density at radius 3 is 2.20 bits per heavy atom. The van der Waals surface area contributed by atoms with Crippen LogP contribution in [0, 0.1) is 0 Å². The summed E-state index contributed by atoms with van der Waals surface area (Å²) in [5.41, 5.74) is -0.118. The highest BCUT2D eigenvalue weighted by Gasteiger charge is 2.31. The zero-order chi connectivity index (χ0) is 15.6. The lowest BCUT2D eigenvalue weighted by Crippen LogP contribution is -2.35. The molecule has 0 aliphatic heterocycles. The molecule has 1 aromatic rings. The molecular formula is C11H12F3NO4S. The largest absolute Gasteiger partial charge is 0.478 e. The van der Waals surface area contributed by atoms with Crippen molar-refractivity contribution in [3.8, 4) is 0 Å². The van der Waals surface area contributed by atoms with Gasteiger partial charge in [0.25, 0.3) is 0 Å². The molecule has 0 aromatic heterocycles. The van der Waals surface area contributed by atoms with Crippen molar-refractivity contribution in [2.75, 3.05) is 0 Å². The lowest BCUT2D eigenvalue weighted by molar-refractivity contribution is -0.137. The first-order valence-electron chi connectivity index (χ1n) is 5.44. The first-order chi connectivity index (χ1) is 9.01. The van der Waals surface area contributed by atoms with Crippen LogP contribution in [0.2, 0.25) is 0 Å². The first kappa shape index (κ1) is 16.4. The Balaban J connectivity index is 2.86.